The SMILES string of the molecule is COC(=O)[C@H]1COCC[C@H]1C. The summed E-state index contributed by atoms with van der Waals surface area (Å²) in [5.74, 6) is 0.210. The van der Waals surface area contributed by atoms with Gasteiger partial charge in [0.2, 0.25) is 0 Å². The van der Waals surface area contributed by atoms with E-state index in [4.69, 9.17) is 4.74 Å². The zero-order chi connectivity index (χ0) is 8.27. The minimum absolute atomic E-state index is 0.0475. The molecule has 11 heavy (non-hydrogen) atoms. The Kier molecular flexibility index (Phi) is 2.88. The minimum Gasteiger partial charge on any atom is -0.469 e. The third-order valence-electron chi connectivity index (χ3n) is 2.21. The van der Waals surface area contributed by atoms with Crippen LogP contribution >= 0.6 is 0 Å². The maximum Gasteiger partial charge on any atom is 0.311 e. The van der Waals surface area contributed by atoms with Crippen molar-refractivity contribution in [2.75, 3.05) is 20.3 Å². The summed E-state index contributed by atoms with van der Waals surface area (Å²) in [5, 5.41) is 0. The third kappa shape index (κ3) is 1.93. The molecule has 0 unspecified atom stereocenters. The van der Waals surface area contributed by atoms with Crippen molar-refractivity contribution in [3.63, 3.8) is 0 Å². The van der Waals surface area contributed by atoms with Crippen LogP contribution in [-0.2, 0) is 14.3 Å². The Hall–Kier alpha value is -0.570. The van der Waals surface area contributed by atoms with Gasteiger partial charge in [-0.3, -0.25) is 4.79 Å². The van der Waals surface area contributed by atoms with Crippen LogP contribution < -0.4 is 0 Å². The molecule has 2 atom stereocenters. The van der Waals surface area contributed by atoms with Gasteiger partial charge in [0.25, 0.3) is 0 Å². The molecule has 0 bridgehead atoms. The summed E-state index contributed by atoms with van der Waals surface area (Å²) in [6, 6.07) is 0. The summed E-state index contributed by atoms with van der Waals surface area (Å²) in [4.78, 5) is 11.1. The molecule has 0 amide bonds. The van der Waals surface area contributed by atoms with Crippen LogP contribution in [0.4, 0.5) is 0 Å². The van der Waals surface area contributed by atoms with E-state index in [1.807, 2.05) is 0 Å². The van der Waals surface area contributed by atoms with Gasteiger partial charge in [-0.05, 0) is 12.3 Å². The Morgan fingerprint density at radius 2 is 2.36 bits per heavy atom. The Morgan fingerprint density at radius 1 is 1.64 bits per heavy atom. The van der Waals surface area contributed by atoms with Crippen LogP contribution in [0.2, 0.25) is 0 Å². The van der Waals surface area contributed by atoms with Crippen LogP contribution in [0.3, 0.4) is 0 Å². The van der Waals surface area contributed by atoms with Crippen LogP contribution in [0.25, 0.3) is 0 Å². The van der Waals surface area contributed by atoms with Crippen molar-refractivity contribution >= 4 is 5.97 Å². The van der Waals surface area contributed by atoms with Crippen LogP contribution in [0.15, 0.2) is 0 Å². The second-order valence-electron chi connectivity index (χ2n) is 2.97. The van der Waals surface area contributed by atoms with Crippen molar-refractivity contribution in [2.45, 2.75) is 13.3 Å². The maximum atomic E-state index is 11.1. The van der Waals surface area contributed by atoms with E-state index in [0.29, 0.717) is 12.5 Å². The number of esters is 1. The first-order chi connectivity index (χ1) is 5.25. The van der Waals surface area contributed by atoms with E-state index in [1.54, 1.807) is 0 Å². The molecule has 64 valence electrons. The van der Waals surface area contributed by atoms with Crippen LogP contribution in [0.5, 0.6) is 0 Å². The van der Waals surface area contributed by atoms with E-state index < -0.39 is 0 Å². The second kappa shape index (κ2) is 3.72. The summed E-state index contributed by atoms with van der Waals surface area (Å²) < 4.78 is 9.82. The molecule has 3 heteroatoms. The van der Waals surface area contributed by atoms with Gasteiger partial charge >= 0.3 is 5.97 Å². The Labute approximate surface area is 66.7 Å². The molecular formula is C8H14O3. The standard InChI is InChI=1S/C8H14O3/c1-6-3-4-11-5-7(6)8(9)10-2/h6-7H,3-5H2,1-2H3/t6-,7+/m1/s1. The normalized spacial score (nSPS) is 31.5. The van der Waals surface area contributed by atoms with Gasteiger partial charge in [0.1, 0.15) is 0 Å². The number of carbonyl (C=O) groups is 1. The average Bonchev–Trinajstić information content (AvgIpc) is 2.04. The van der Waals surface area contributed by atoms with Crippen molar-refractivity contribution in [3.05, 3.63) is 0 Å². The second-order valence-corrected chi connectivity index (χ2v) is 2.97. The van der Waals surface area contributed by atoms with Gasteiger partial charge < -0.3 is 9.47 Å². The van der Waals surface area contributed by atoms with Crippen molar-refractivity contribution < 1.29 is 14.3 Å². The molecule has 0 aromatic rings. The highest BCUT2D eigenvalue weighted by Gasteiger charge is 2.28. The molecule has 1 heterocycles. The van der Waals surface area contributed by atoms with Crippen LogP contribution in [-0.4, -0.2) is 26.3 Å². The molecule has 1 saturated heterocycles. The number of hydrogen-bond acceptors (Lipinski definition) is 3. The lowest BCUT2D eigenvalue weighted by Crippen LogP contribution is -2.32. The lowest BCUT2D eigenvalue weighted by Gasteiger charge is -2.26. The van der Waals surface area contributed by atoms with E-state index in [-0.39, 0.29) is 11.9 Å². The molecule has 1 aliphatic rings. The third-order valence-corrected chi connectivity index (χ3v) is 2.21. The first-order valence-corrected chi connectivity index (χ1v) is 3.91. The summed E-state index contributed by atoms with van der Waals surface area (Å²) >= 11 is 0. The molecule has 0 saturated carbocycles. The molecule has 0 aromatic carbocycles. The van der Waals surface area contributed by atoms with Crippen molar-refractivity contribution in [3.8, 4) is 0 Å². The van der Waals surface area contributed by atoms with Gasteiger partial charge in [0, 0.05) is 6.61 Å². The molecule has 0 spiro atoms. The number of methoxy groups -OCH3 is 1. The lowest BCUT2D eigenvalue weighted by molar-refractivity contribution is -0.152. The van der Waals surface area contributed by atoms with Gasteiger partial charge in [-0.1, -0.05) is 6.92 Å². The summed E-state index contributed by atoms with van der Waals surface area (Å²) in [7, 11) is 1.42. The fourth-order valence-corrected chi connectivity index (χ4v) is 1.30. The Bertz CT molecular complexity index is 144. The molecule has 1 rings (SSSR count). The molecular weight excluding hydrogens is 144 g/mol. The van der Waals surface area contributed by atoms with Crippen molar-refractivity contribution in [1.82, 2.24) is 0 Å². The molecule has 3 nitrogen and oxygen atoms in total. The van der Waals surface area contributed by atoms with E-state index in [1.165, 1.54) is 7.11 Å². The summed E-state index contributed by atoms with van der Waals surface area (Å²) in [5.41, 5.74) is 0. The zero-order valence-corrected chi connectivity index (χ0v) is 7.00. The maximum absolute atomic E-state index is 11.1. The molecule has 0 N–H and O–H groups in total. The highest BCUT2D eigenvalue weighted by atomic mass is 16.5. The van der Waals surface area contributed by atoms with Crippen molar-refractivity contribution in [2.24, 2.45) is 11.8 Å². The summed E-state index contributed by atoms with van der Waals surface area (Å²) in [6.45, 7) is 3.35. The van der Waals surface area contributed by atoms with Gasteiger partial charge in [0.05, 0.1) is 19.6 Å². The van der Waals surface area contributed by atoms with Gasteiger partial charge in [-0.15, -0.1) is 0 Å². The fourth-order valence-electron chi connectivity index (χ4n) is 1.30. The number of hydrogen-bond donors (Lipinski definition) is 0. The highest BCUT2D eigenvalue weighted by Crippen LogP contribution is 2.21. The topological polar surface area (TPSA) is 35.5 Å². The van der Waals surface area contributed by atoms with E-state index >= 15 is 0 Å². The van der Waals surface area contributed by atoms with Crippen LogP contribution in [0.1, 0.15) is 13.3 Å². The lowest BCUT2D eigenvalue weighted by atomic mass is 9.90. The fraction of sp³-hybridized carbons (Fsp3) is 0.875. The Balaban J connectivity index is 2.47. The molecule has 1 fully saturated rings. The number of rotatable bonds is 1. The Morgan fingerprint density at radius 3 is 2.91 bits per heavy atom. The first kappa shape index (κ1) is 8.53. The number of carbonyl (C=O) groups excluding carboxylic acids is 1. The van der Waals surface area contributed by atoms with E-state index in [0.717, 1.165) is 13.0 Å². The molecule has 0 radical (unpaired) electrons. The highest BCUT2D eigenvalue weighted by molar-refractivity contribution is 5.72. The quantitative estimate of drug-likeness (QED) is 0.530. The van der Waals surface area contributed by atoms with Crippen molar-refractivity contribution in [1.29, 1.82) is 0 Å². The molecule has 0 aliphatic carbocycles. The predicted octanol–water partition coefficient (Wildman–Crippen LogP) is 0.832. The zero-order valence-electron chi connectivity index (χ0n) is 7.00. The minimum atomic E-state index is -0.141. The molecule has 0 aromatic heterocycles. The van der Waals surface area contributed by atoms with Gasteiger partial charge in [-0.2, -0.15) is 0 Å². The first-order valence-electron chi connectivity index (χ1n) is 3.91. The van der Waals surface area contributed by atoms with E-state index in [9.17, 15) is 4.79 Å². The smallest absolute Gasteiger partial charge is 0.311 e. The van der Waals surface area contributed by atoms with Crippen LogP contribution in [0, 0.1) is 11.8 Å². The molecule has 1 aliphatic heterocycles. The summed E-state index contributed by atoms with van der Waals surface area (Å²) in [6.07, 6.45) is 0.958. The monoisotopic (exact) mass is 158 g/mol. The number of ether oxygens (including phenoxy) is 2. The van der Waals surface area contributed by atoms with E-state index in [2.05, 4.69) is 11.7 Å². The predicted molar refractivity (Wildman–Crippen MR) is 40.1 cm³/mol. The van der Waals surface area contributed by atoms with Gasteiger partial charge in [-0.25, -0.2) is 0 Å². The largest absolute Gasteiger partial charge is 0.469 e. The average molecular weight is 158 g/mol. The van der Waals surface area contributed by atoms with Gasteiger partial charge in [0.15, 0.2) is 0 Å².